The van der Waals surface area contributed by atoms with Gasteiger partial charge in [-0.15, -0.1) is 0 Å². The average molecular weight is 284 g/mol. The van der Waals surface area contributed by atoms with Gasteiger partial charge in [-0.1, -0.05) is 35.3 Å². The monoisotopic (exact) mass is 283 g/mol. The Labute approximate surface area is 105 Å². The minimum Gasteiger partial charge on any atom is -0.312 e. The second-order valence-corrected chi connectivity index (χ2v) is 5.18. The molecule has 2 nitrogen and oxygen atoms in total. The van der Waals surface area contributed by atoms with Crippen LogP contribution in [-0.2, 0) is 19.4 Å². The number of halogens is 1. The van der Waals surface area contributed by atoms with Gasteiger partial charge in [0.1, 0.15) is 0 Å². The van der Waals surface area contributed by atoms with Crippen LogP contribution >= 0.6 is 15.9 Å². The lowest BCUT2D eigenvalue weighted by Crippen LogP contribution is -2.26. The molecule has 1 aromatic rings. The zero-order valence-electron chi connectivity index (χ0n) is 9.71. The first-order valence-electron chi connectivity index (χ1n) is 6.03. The predicted molar refractivity (Wildman–Crippen MR) is 70.3 cm³/mol. The highest BCUT2D eigenvalue weighted by Crippen LogP contribution is 2.21. The van der Waals surface area contributed by atoms with E-state index in [0.717, 1.165) is 31.1 Å². The summed E-state index contributed by atoms with van der Waals surface area (Å²) in [5.74, 6) is 0.560. The highest BCUT2D eigenvalue weighted by atomic mass is 79.9. The molecular formula is C13H18BrNO. The van der Waals surface area contributed by atoms with Gasteiger partial charge in [-0.2, -0.15) is 0 Å². The number of hydrogen-bond donors (Lipinski definition) is 0. The first kappa shape index (κ1) is 11.9. The summed E-state index contributed by atoms with van der Waals surface area (Å²) in [7, 11) is 0. The Morgan fingerprint density at radius 1 is 1.44 bits per heavy atom. The first-order chi connectivity index (χ1) is 7.76. The summed E-state index contributed by atoms with van der Waals surface area (Å²) in [6.07, 6.45) is 4.52. The molecule has 0 aromatic carbocycles. The highest BCUT2D eigenvalue weighted by molar-refractivity contribution is 9.09. The van der Waals surface area contributed by atoms with E-state index in [0.29, 0.717) is 5.92 Å². The number of rotatable bonds is 4. The molecule has 1 atom stereocenters. The van der Waals surface area contributed by atoms with Crippen molar-refractivity contribution >= 4 is 15.9 Å². The molecule has 1 aromatic heterocycles. The fourth-order valence-electron chi connectivity index (χ4n) is 2.38. The second-order valence-electron chi connectivity index (χ2n) is 4.54. The number of aryl methyl sites for hydroxylation is 1. The summed E-state index contributed by atoms with van der Waals surface area (Å²) >= 11 is 3.52. The Bertz CT molecular complexity index is 420. The first-order valence-corrected chi connectivity index (χ1v) is 7.16. The van der Waals surface area contributed by atoms with Crippen LogP contribution in [0.5, 0.6) is 0 Å². The van der Waals surface area contributed by atoms with Crippen molar-refractivity contribution in [2.75, 3.05) is 5.33 Å². The third kappa shape index (κ3) is 2.24. The Hall–Kier alpha value is -0.570. The SMILES string of the molecule is CCC(CBr)Cn1c2c(ccc1=O)CCC2. The normalized spacial score (nSPS) is 16.1. The van der Waals surface area contributed by atoms with Gasteiger partial charge in [0.15, 0.2) is 0 Å². The van der Waals surface area contributed by atoms with Crippen molar-refractivity contribution in [1.29, 1.82) is 0 Å². The van der Waals surface area contributed by atoms with Crippen LogP contribution in [0.25, 0.3) is 0 Å². The fraction of sp³-hybridized carbons (Fsp3) is 0.615. The number of aromatic nitrogens is 1. The van der Waals surface area contributed by atoms with Crippen molar-refractivity contribution < 1.29 is 0 Å². The van der Waals surface area contributed by atoms with E-state index in [9.17, 15) is 4.79 Å². The van der Waals surface area contributed by atoms with Crippen LogP contribution < -0.4 is 5.56 Å². The van der Waals surface area contributed by atoms with Crippen molar-refractivity contribution in [3.05, 3.63) is 33.7 Å². The minimum absolute atomic E-state index is 0.167. The van der Waals surface area contributed by atoms with Gasteiger partial charge in [-0.05, 0) is 30.7 Å². The van der Waals surface area contributed by atoms with Gasteiger partial charge in [0.05, 0.1) is 0 Å². The topological polar surface area (TPSA) is 22.0 Å². The Morgan fingerprint density at radius 2 is 2.25 bits per heavy atom. The largest absolute Gasteiger partial charge is 0.312 e. The maximum Gasteiger partial charge on any atom is 0.250 e. The standard InChI is InChI=1S/C13H18BrNO/c1-2-10(8-14)9-15-12-5-3-4-11(12)6-7-13(15)16/h6-7,10H,2-5,8-9H2,1H3. The van der Waals surface area contributed by atoms with Gasteiger partial charge in [0.2, 0.25) is 0 Å². The Balaban J connectivity index is 2.33. The maximum absolute atomic E-state index is 11.9. The number of alkyl halides is 1. The smallest absolute Gasteiger partial charge is 0.250 e. The summed E-state index contributed by atoms with van der Waals surface area (Å²) in [5, 5.41) is 0.972. The lowest BCUT2D eigenvalue weighted by Gasteiger charge is -2.17. The molecule has 0 saturated heterocycles. The maximum atomic E-state index is 11.9. The molecule has 3 heteroatoms. The van der Waals surface area contributed by atoms with Crippen molar-refractivity contribution in [1.82, 2.24) is 4.57 Å². The van der Waals surface area contributed by atoms with Crippen molar-refractivity contribution in [3.63, 3.8) is 0 Å². The predicted octanol–water partition coefficient (Wildman–Crippen LogP) is 2.76. The second kappa shape index (κ2) is 5.17. The van der Waals surface area contributed by atoms with Crippen molar-refractivity contribution in [2.45, 2.75) is 39.2 Å². The molecule has 1 aliphatic rings. The molecule has 0 fully saturated rings. The van der Waals surface area contributed by atoms with E-state index >= 15 is 0 Å². The molecule has 0 amide bonds. The van der Waals surface area contributed by atoms with Gasteiger partial charge in [0, 0.05) is 23.6 Å². The van der Waals surface area contributed by atoms with E-state index < -0.39 is 0 Å². The number of hydrogen-bond acceptors (Lipinski definition) is 1. The zero-order valence-corrected chi connectivity index (χ0v) is 11.3. The summed E-state index contributed by atoms with van der Waals surface area (Å²) in [6.45, 7) is 3.05. The van der Waals surface area contributed by atoms with Crippen LogP contribution in [0.4, 0.5) is 0 Å². The Morgan fingerprint density at radius 3 is 2.94 bits per heavy atom. The molecular weight excluding hydrogens is 266 g/mol. The molecule has 0 aliphatic heterocycles. The molecule has 2 rings (SSSR count). The molecule has 88 valence electrons. The van der Waals surface area contributed by atoms with Crippen LogP contribution in [0.3, 0.4) is 0 Å². The van der Waals surface area contributed by atoms with Gasteiger partial charge >= 0.3 is 0 Å². The van der Waals surface area contributed by atoms with Gasteiger partial charge < -0.3 is 4.57 Å². The van der Waals surface area contributed by atoms with Crippen LogP contribution in [0.2, 0.25) is 0 Å². The third-order valence-electron chi connectivity index (χ3n) is 3.49. The van der Waals surface area contributed by atoms with Gasteiger partial charge in [0.25, 0.3) is 5.56 Å². The third-order valence-corrected chi connectivity index (χ3v) is 4.40. The van der Waals surface area contributed by atoms with Crippen LogP contribution in [-0.4, -0.2) is 9.90 Å². The van der Waals surface area contributed by atoms with Gasteiger partial charge in [-0.3, -0.25) is 4.79 Å². The summed E-state index contributed by atoms with van der Waals surface area (Å²) in [4.78, 5) is 11.9. The van der Waals surface area contributed by atoms with Crippen molar-refractivity contribution in [2.24, 2.45) is 5.92 Å². The van der Waals surface area contributed by atoms with E-state index in [1.807, 2.05) is 10.6 Å². The van der Waals surface area contributed by atoms with Crippen LogP contribution in [0, 0.1) is 5.92 Å². The average Bonchev–Trinajstić information content (AvgIpc) is 2.76. The summed E-state index contributed by atoms with van der Waals surface area (Å²) in [5.41, 5.74) is 2.83. The van der Waals surface area contributed by atoms with Crippen LogP contribution in [0.15, 0.2) is 16.9 Å². The molecule has 0 spiro atoms. The van der Waals surface area contributed by atoms with Crippen LogP contribution in [0.1, 0.15) is 31.0 Å². The van der Waals surface area contributed by atoms with E-state index in [1.165, 1.54) is 17.7 Å². The fourth-order valence-corrected chi connectivity index (χ4v) is 3.04. The molecule has 0 N–H and O–H groups in total. The Kier molecular flexibility index (Phi) is 3.85. The molecule has 0 saturated carbocycles. The lowest BCUT2D eigenvalue weighted by atomic mass is 10.1. The number of nitrogens with zero attached hydrogens (tertiary/aromatic N) is 1. The molecule has 0 bridgehead atoms. The summed E-state index contributed by atoms with van der Waals surface area (Å²) in [6, 6.07) is 3.74. The van der Waals surface area contributed by atoms with Crippen molar-refractivity contribution in [3.8, 4) is 0 Å². The quantitative estimate of drug-likeness (QED) is 0.779. The van der Waals surface area contributed by atoms with E-state index in [1.54, 1.807) is 6.07 Å². The zero-order chi connectivity index (χ0) is 11.5. The highest BCUT2D eigenvalue weighted by Gasteiger charge is 2.17. The molecule has 16 heavy (non-hydrogen) atoms. The molecule has 1 heterocycles. The van der Waals surface area contributed by atoms with E-state index in [2.05, 4.69) is 22.9 Å². The van der Waals surface area contributed by atoms with E-state index in [4.69, 9.17) is 0 Å². The molecule has 1 unspecified atom stereocenters. The van der Waals surface area contributed by atoms with E-state index in [-0.39, 0.29) is 5.56 Å². The number of pyridine rings is 1. The molecule has 0 radical (unpaired) electrons. The number of fused-ring (bicyclic) bond motifs is 1. The summed E-state index contributed by atoms with van der Waals surface area (Å²) < 4.78 is 2.00. The minimum atomic E-state index is 0.167. The molecule has 1 aliphatic carbocycles. The van der Waals surface area contributed by atoms with Gasteiger partial charge in [-0.25, -0.2) is 0 Å². The lowest BCUT2D eigenvalue weighted by molar-refractivity contribution is 0.459.